The van der Waals surface area contributed by atoms with Crippen molar-refractivity contribution >= 4 is 21.4 Å². The molecule has 104 valence electrons. The lowest BCUT2D eigenvalue weighted by atomic mass is 10.1. The first-order valence-electron chi connectivity index (χ1n) is 5.66. The zero-order valence-electron chi connectivity index (χ0n) is 10.1. The van der Waals surface area contributed by atoms with Crippen molar-refractivity contribution in [2.45, 2.75) is 13.0 Å². The average Bonchev–Trinajstić information content (AvgIpc) is 2.68. The van der Waals surface area contributed by atoms with Crippen LogP contribution in [-0.4, -0.2) is 29.9 Å². The van der Waals surface area contributed by atoms with Gasteiger partial charge in [0.2, 0.25) is 10.0 Å². The molecule has 0 amide bonds. The fourth-order valence-electron chi connectivity index (χ4n) is 2.03. The molecular formula is C10H14N4O4S. The van der Waals surface area contributed by atoms with Gasteiger partial charge in [0, 0.05) is 19.2 Å². The van der Waals surface area contributed by atoms with Crippen LogP contribution in [0.1, 0.15) is 12.0 Å². The number of rotatable bonds is 4. The Labute approximate surface area is 110 Å². The summed E-state index contributed by atoms with van der Waals surface area (Å²) in [5, 5.41) is 10.7. The van der Waals surface area contributed by atoms with Crippen LogP contribution in [0.3, 0.4) is 0 Å². The van der Waals surface area contributed by atoms with Gasteiger partial charge in [0.25, 0.3) is 5.69 Å². The minimum atomic E-state index is -3.18. The van der Waals surface area contributed by atoms with Gasteiger partial charge in [0.1, 0.15) is 5.69 Å². The molecule has 0 saturated carbocycles. The number of hydrogen-bond donors (Lipinski definition) is 2. The molecular weight excluding hydrogens is 272 g/mol. The van der Waals surface area contributed by atoms with Gasteiger partial charge in [-0.1, -0.05) is 6.07 Å². The third-order valence-corrected chi connectivity index (χ3v) is 4.88. The van der Waals surface area contributed by atoms with E-state index in [0.717, 1.165) is 0 Å². The summed E-state index contributed by atoms with van der Waals surface area (Å²) in [7, 11) is -3.18. The van der Waals surface area contributed by atoms with Gasteiger partial charge in [-0.05, 0) is 18.1 Å². The highest BCUT2D eigenvalue weighted by Gasteiger charge is 2.28. The van der Waals surface area contributed by atoms with E-state index in [1.807, 2.05) is 0 Å². The molecule has 3 N–H and O–H groups in total. The minimum Gasteiger partial charge on any atom is -0.318 e. The van der Waals surface area contributed by atoms with E-state index in [1.54, 1.807) is 0 Å². The number of sulfonamides is 1. The molecule has 1 aliphatic heterocycles. The number of hydrazine groups is 1. The second kappa shape index (κ2) is 5.11. The van der Waals surface area contributed by atoms with E-state index in [4.69, 9.17) is 5.84 Å². The first-order chi connectivity index (χ1) is 8.94. The van der Waals surface area contributed by atoms with Gasteiger partial charge in [0.15, 0.2) is 0 Å². The Kier molecular flexibility index (Phi) is 3.69. The Morgan fingerprint density at radius 3 is 2.74 bits per heavy atom. The Bertz CT molecular complexity index is 602. The number of nitrogens with one attached hydrogen (secondary N) is 1. The summed E-state index contributed by atoms with van der Waals surface area (Å²) in [6.45, 7) is 0.680. The van der Waals surface area contributed by atoms with Crippen molar-refractivity contribution in [1.29, 1.82) is 0 Å². The zero-order valence-corrected chi connectivity index (χ0v) is 10.9. The third-order valence-electron chi connectivity index (χ3n) is 2.98. The van der Waals surface area contributed by atoms with Crippen molar-refractivity contribution in [1.82, 2.24) is 4.31 Å². The number of nitro groups is 1. The topological polar surface area (TPSA) is 119 Å². The Morgan fingerprint density at radius 2 is 2.21 bits per heavy atom. The lowest BCUT2D eigenvalue weighted by Crippen LogP contribution is -2.25. The molecule has 1 saturated heterocycles. The highest BCUT2D eigenvalue weighted by molar-refractivity contribution is 7.89. The standard InChI is InChI=1S/C10H14N4O4S/c11-12-9-6-8(2-3-10(9)14(15)16)7-13-4-1-5-19(13,17)18/h2-3,6,12H,1,4-5,7,11H2. The maximum Gasteiger partial charge on any atom is 0.293 e. The normalized spacial score (nSPS) is 18.4. The van der Waals surface area contributed by atoms with E-state index in [0.29, 0.717) is 18.5 Å². The molecule has 0 bridgehead atoms. The number of anilines is 1. The van der Waals surface area contributed by atoms with E-state index in [9.17, 15) is 18.5 Å². The fourth-order valence-corrected chi connectivity index (χ4v) is 3.53. The molecule has 19 heavy (non-hydrogen) atoms. The number of benzene rings is 1. The van der Waals surface area contributed by atoms with Crippen molar-refractivity contribution in [2.75, 3.05) is 17.7 Å². The monoisotopic (exact) mass is 286 g/mol. The molecule has 0 aromatic heterocycles. The number of nitrogen functional groups attached to an aromatic ring is 1. The van der Waals surface area contributed by atoms with Crippen molar-refractivity contribution < 1.29 is 13.3 Å². The quantitative estimate of drug-likeness (QED) is 0.470. The molecule has 1 aromatic carbocycles. The Balaban J connectivity index is 2.25. The summed E-state index contributed by atoms with van der Waals surface area (Å²) in [5.74, 6) is 5.39. The molecule has 8 nitrogen and oxygen atoms in total. The number of nitro benzene ring substituents is 1. The second-order valence-corrected chi connectivity index (χ2v) is 6.34. The smallest absolute Gasteiger partial charge is 0.293 e. The third kappa shape index (κ3) is 2.83. The van der Waals surface area contributed by atoms with E-state index in [-0.39, 0.29) is 23.7 Å². The summed E-state index contributed by atoms with van der Waals surface area (Å²) < 4.78 is 24.7. The van der Waals surface area contributed by atoms with Crippen LogP contribution in [-0.2, 0) is 16.6 Å². The lowest BCUT2D eigenvalue weighted by molar-refractivity contribution is -0.384. The maximum atomic E-state index is 11.7. The summed E-state index contributed by atoms with van der Waals surface area (Å²) in [4.78, 5) is 10.2. The van der Waals surface area contributed by atoms with Crippen LogP contribution in [0.5, 0.6) is 0 Å². The number of nitrogens with two attached hydrogens (primary N) is 1. The largest absolute Gasteiger partial charge is 0.318 e. The molecule has 1 aliphatic rings. The van der Waals surface area contributed by atoms with Gasteiger partial charge in [-0.2, -0.15) is 4.31 Å². The van der Waals surface area contributed by atoms with Crippen molar-refractivity contribution in [3.05, 3.63) is 33.9 Å². The first kappa shape index (κ1) is 13.7. The molecule has 9 heteroatoms. The van der Waals surface area contributed by atoms with Crippen LogP contribution < -0.4 is 11.3 Å². The van der Waals surface area contributed by atoms with Gasteiger partial charge < -0.3 is 5.43 Å². The van der Waals surface area contributed by atoms with E-state index >= 15 is 0 Å². The Hall–Kier alpha value is -1.71. The van der Waals surface area contributed by atoms with Gasteiger partial charge in [-0.25, -0.2) is 8.42 Å². The van der Waals surface area contributed by atoms with E-state index in [2.05, 4.69) is 5.43 Å². The van der Waals surface area contributed by atoms with Crippen LogP contribution in [0.4, 0.5) is 11.4 Å². The van der Waals surface area contributed by atoms with E-state index in [1.165, 1.54) is 22.5 Å². The number of nitrogens with zero attached hydrogens (tertiary/aromatic N) is 2. The molecule has 2 rings (SSSR count). The molecule has 1 heterocycles. The van der Waals surface area contributed by atoms with Crippen LogP contribution >= 0.6 is 0 Å². The predicted molar refractivity (Wildman–Crippen MR) is 69.7 cm³/mol. The van der Waals surface area contributed by atoms with Crippen LogP contribution in [0.25, 0.3) is 0 Å². The van der Waals surface area contributed by atoms with Crippen molar-refractivity contribution in [3.8, 4) is 0 Å². The molecule has 0 atom stereocenters. The summed E-state index contributed by atoms with van der Waals surface area (Å²) >= 11 is 0. The minimum absolute atomic E-state index is 0.143. The molecule has 0 radical (unpaired) electrons. The molecule has 0 unspecified atom stereocenters. The summed E-state index contributed by atoms with van der Waals surface area (Å²) in [5.41, 5.74) is 2.93. The second-order valence-electron chi connectivity index (χ2n) is 4.26. The van der Waals surface area contributed by atoms with E-state index < -0.39 is 14.9 Å². The maximum absolute atomic E-state index is 11.7. The summed E-state index contributed by atoms with van der Waals surface area (Å²) in [6, 6.07) is 4.34. The van der Waals surface area contributed by atoms with Gasteiger partial charge in [-0.3, -0.25) is 16.0 Å². The number of hydrogen-bond acceptors (Lipinski definition) is 6. The average molecular weight is 286 g/mol. The lowest BCUT2D eigenvalue weighted by Gasteiger charge is -2.14. The Morgan fingerprint density at radius 1 is 1.47 bits per heavy atom. The highest BCUT2D eigenvalue weighted by Crippen LogP contribution is 2.26. The molecule has 0 aliphatic carbocycles. The van der Waals surface area contributed by atoms with Gasteiger partial charge in [-0.15, -0.1) is 0 Å². The van der Waals surface area contributed by atoms with Gasteiger partial charge in [0.05, 0.1) is 10.7 Å². The predicted octanol–water partition coefficient (Wildman–Crippen LogP) is 0.416. The highest BCUT2D eigenvalue weighted by atomic mass is 32.2. The summed E-state index contributed by atoms with van der Waals surface area (Å²) in [6.07, 6.45) is 0.608. The van der Waals surface area contributed by atoms with Crippen molar-refractivity contribution in [3.63, 3.8) is 0 Å². The molecule has 1 aromatic rings. The van der Waals surface area contributed by atoms with Gasteiger partial charge >= 0.3 is 0 Å². The fraction of sp³-hybridized carbons (Fsp3) is 0.400. The SMILES string of the molecule is NNc1cc(CN2CCCS2(=O)=O)ccc1[N+](=O)[O-]. The molecule has 1 fully saturated rings. The molecule has 0 spiro atoms. The zero-order chi connectivity index (χ0) is 14.0. The van der Waals surface area contributed by atoms with Crippen LogP contribution in [0.2, 0.25) is 0 Å². The van der Waals surface area contributed by atoms with Crippen LogP contribution in [0.15, 0.2) is 18.2 Å². The van der Waals surface area contributed by atoms with Crippen molar-refractivity contribution in [2.24, 2.45) is 5.84 Å². The first-order valence-corrected chi connectivity index (χ1v) is 7.27. The van der Waals surface area contributed by atoms with Crippen LogP contribution in [0, 0.1) is 10.1 Å².